The van der Waals surface area contributed by atoms with Crippen molar-refractivity contribution in [2.45, 2.75) is 46.3 Å². The molecule has 1 atom stereocenters. The van der Waals surface area contributed by atoms with E-state index in [-0.39, 0.29) is 24.6 Å². The number of rotatable bonds is 4. The van der Waals surface area contributed by atoms with Gasteiger partial charge in [-0.25, -0.2) is 4.79 Å². The Bertz CT molecular complexity index is 631. The number of hydrogen-bond acceptors (Lipinski definition) is 4. The summed E-state index contributed by atoms with van der Waals surface area (Å²) < 4.78 is 10.8. The normalized spacial score (nSPS) is 16.0. The number of carbonyl (C=O) groups is 2. The Morgan fingerprint density at radius 3 is 2.44 bits per heavy atom. The molecule has 25 heavy (non-hydrogen) atoms. The van der Waals surface area contributed by atoms with Crippen LogP contribution in [0.2, 0.25) is 0 Å². The van der Waals surface area contributed by atoms with E-state index in [1.54, 1.807) is 4.90 Å². The lowest BCUT2D eigenvalue weighted by molar-refractivity contribution is -0.158. The molecule has 0 aliphatic carbocycles. The molecule has 5 nitrogen and oxygen atoms in total. The van der Waals surface area contributed by atoms with Crippen LogP contribution >= 0.6 is 0 Å². The van der Waals surface area contributed by atoms with E-state index in [0.29, 0.717) is 19.5 Å². The fraction of sp³-hybridized carbons (Fsp3) is 0.500. The van der Waals surface area contributed by atoms with E-state index in [4.69, 9.17) is 9.47 Å². The predicted molar refractivity (Wildman–Crippen MR) is 95.9 cm³/mol. The highest BCUT2D eigenvalue weighted by Gasteiger charge is 2.27. The van der Waals surface area contributed by atoms with Crippen molar-refractivity contribution in [3.8, 4) is 0 Å². The van der Waals surface area contributed by atoms with Gasteiger partial charge in [-0.3, -0.25) is 4.79 Å². The Kier molecular flexibility index (Phi) is 6.23. The van der Waals surface area contributed by atoms with Crippen LogP contribution in [0.5, 0.6) is 0 Å². The first kappa shape index (κ1) is 19.0. The maximum atomic E-state index is 12.2. The summed E-state index contributed by atoms with van der Waals surface area (Å²) in [5.74, 6) is -0.513. The second kappa shape index (κ2) is 8.19. The average molecular weight is 345 g/mol. The Labute approximate surface area is 149 Å². The van der Waals surface area contributed by atoms with Gasteiger partial charge < -0.3 is 14.4 Å². The first-order valence-corrected chi connectivity index (χ1v) is 8.63. The zero-order valence-corrected chi connectivity index (χ0v) is 15.5. The zero-order valence-electron chi connectivity index (χ0n) is 15.5. The Balaban J connectivity index is 1.84. The van der Waals surface area contributed by atoms with Gasteiger partial charge in [0.15, 0.2) is 0 Å². The van der Waals surface area contributed by atoms with Crippen LogP contribution in [0.25, 0.3) is 0 Å². The topological polar surface area (TPSA) is 55.8 Å². The fourth-order valence-corrected chi connectivity index (χ4v) is 2.60. The molecule has 1 aromatic rings. The highest BCUT2D eigenvalue weighted by molar-refractivity contribution is 5.76. The molecule has 1 aromatic carbocycles. The lowest BCUT2D eigenvalue weighted by atomic mass is 9.95. The van der Waals surface area contributed by atoms with Gasteiger partial charge in [0.1, 0.15) is 12.2 Å². The van der Waals surface area contributed by atoms with Crippen LogP contribution in [0.4, 0.5) is 4.79 Å². The van der Waals surface area contributed by atoms with Crippen LogP contribution in [0.15, 0.2) is 42.0 Å². The summed E-state index contributed by atoms with van der Waals surface area (Å²) in [6, 6.07) is 9.59. The monoisotopic (exact) mass is 345 g/mol. The van der Waals surface area contributed by atoms with E-state index < -0.39 is 5.60 Å². The molecule has 1 unspecified atom stereocenters. The molecule has 0 aromatic heterocycles. The molecule has 2 rings (SSSR count). The van der Waals surface area contributed by atoms with Crippen molar-refractivity contribution in [1.82, 2.24) is 4.90 Å². The van der Waals surface area contributed by atoms with Crippen LogP contribution in [-0.4, -0.2) is 35.7 Å². The van der Waals surface area contributed by atoms with Gasteiger partial charge in [-0.1, -0.05) is 42.0 Å². The zero-order chi connectivity index (χ0) is 18.4. The molecular formula is C20H27NO4. The Hall–Kier alpha value is -2.30. The van der Waals surface area contributed by atoms with E-state index in [2.05, 4.69) is 0 Å². The molecule has 1 aliphatic rings. The van der Waals surface area contributed by atoms with Crippen LogP contribution in [-0.2, 0) is 20.9 Å². The number of benzene rings is 1. The Morgan fingerprint density at radius 1 is 1.20 bits per heavy atom. The van der Waals surface area contributed by atoms with Gasteiger partial charge in [-0.2, -0.15) is 0 Å². The summed E-state index contributed by atoms with van der Waals surface area (Å²) in [5, 5.41) is 0. The molecule has 0 fully saturated rings. The SMILES string of the molecule is CC(C(=O)OC(C)(C)C)C1=CCN(C(=O)OCc2ccccc2)CC1. The highest BCUT2D eigenvalue weighted by Crippen LogP contribution is 2.23. The molecule has 0 N–H and O–H groups in total. The van der Waals surface area contributed by atoms with Gasteiger partial charge in [0.25, 0.3) is 0 Å². The third-order valence-corrected chi connectivity index (χ3v) is 4.02. The predicted octanol–water partition coefficient (Wildman–Crippen LogP) is 3.93. The number of hydrogen-bond donors (Lipinski definition) is 0. The summed E-state index contributed by atoms with van der Waals surface area (Å²) in [5.41, 5.74) is 1.48. The molecule has 1 heterocycles. The smallest absolute Gasteiger partial charge is 0.410 e. The van der Waals surface area contributed by atoms with E-state index in [9.17, 15) is 9.59 Å². The highest BCUT2D eigenvalue weighted by atomic mass is 16.6. The van der Waals surface area contributed by atoms with Crippen LogP contribution < -0.4 is 0 Å². The van der Waals surface area contributed by atoms with Crippen molar-refractivity contribution in [3.05, 3.63) is 47.5 Å². The van der Waals surface area contributed by atoms with E-state index in [0.717, 1.165) is 11.1 Å². The average Bonchev–Trinajstić information content (AvgIpc) is 2.58. The Morgan fingerprint density at radius 2 is 1.88 bits per heavy atom. The maximum absolute atomic E-state index is 12.2. The van der Waals surface area contributed by atoms with Gasteiger partial charge in [-0.15, -0.1) is 0 Å². The molecular weight excluding hydrogens is 318 g/mol. The lowest BCUT2D eigenvalue weighted by Crippen LogP contribution is -2.37. The number of esters is 1. The van der Waals surface area contributed by atoms with Crippen LogP contribution in [0, 0.1) is 5.92 Å². The molecule has 136 valence electrons. The molecule has 1 aliphatic heterocycles. The molecule has 0 spiro atoms. The standard InChI is InChI=1S/C20H27NO4/c1-15(18(22)25-20(2,3)4)17-10-12-21(13-11-17)19(23)24-14-16-8-6-5-7-9-16/h5-10,15H,11-14H2,1-4H3. The van der Waals surface area contributed by atoms with Gasteiger partial charge in [0, 0.05) is 13.1 Å². The van der Waals surface area contributed by atoms with Crippen molar-refractivity contribution in [3.63, 3.8) is 0 Å². The van der Waals surface area contributed by atoms with Gasteiger partial charge in [0.05, 0.1) is 5.92 Å². The molecule has 5 heteroatoms. The van der Waals surface area contributed by atoms with E-state index in [1.807, 2.05) is 64.1 Å². The molecule has 0 radical (unpaired) electrons. The van der Waals surface area contributed by atoms with Gasteiger partial charge in [0.2, 0.25) is 0 Å². The quantitative estimate of drug-likeness (QED) is 0.613. The summed E-state index contributed by atoms with van der Waals surface area (Å²) in [6.45, 7) is 8.69. The number of carbonyl (C=O) groups excluding carboxylic acids is 2. The van der Waals surface area contributed by atoms with Crippen molar-refractivity contribution >= 4 is 12.1 Å². The second-order valence-corrected chi connectivity index (χ2v) is 7.27. The van der Waals surface area contributed by atoms with Gasteiger partial charge >= 0.3 is 12.1 Å². The van der Waals surface area contributed by atoms with Crippen molar-refractivity contribution in [2.24, 2.45) is 5.92 Å². The molecule has 1 amide bonds. The third kappa shape index (κ3) is 5.93. The van der Waals surface area contributed by atoms with Crippen molar-refractivity contribution in [2.75, 3.05) is 13.1 Å². The number of amides is 1. The summed E-state index contributed by atoms with van der Waals surface area (Å²) in [4.78, 5) is 26.0. The second-order valence-electron chi connectivity index (χ2n) is 7.27. The summed E-state index contributed by atoms with van der Waals surface area (Å²) in [6.07, 6.45) is 2.26. The van der Waals surface area contributed by atoms with Crippen LogP contribution in [0.3, 0.4) is 0 Å². The first-order valence-electron chi connectivity index (χ1n) is 8.63. The van der Waals surface area contributed by atoms with Crippen LogP contribution in [0.1, 0.15) is 39.7 Å². The minimum Gasteiger partial charge on any atom is -0.460 e. The van der Waals surface area contributed by atoms with E-state index >= 15 is 0 Å². The van der Waals surface area contributed by atoms with E-state index in [1.165, 1.54) is 0 Å². The van der Waals surface area contributed by atoms with Crippen molar-refractivity contribution in [1.29, 1.82) is 0 Å². The molecule has 0 bridgehead atoms. The summed E-state index contributed by atoms with van der Waals surface area (Å²) >= 11 is 0. The third-order valence-electron chi connectivity index (χ3n) is 4.02. The number of nitrogens with zero attached hydrogens (tertiary/aromatic N) is 1. The molecule has 0 saturated heterocycles. The molecule has 0 saturated carbocycles. The fourth-order valence-electron chi connectivity index (χ4n) is 2.60. The first-order chi connectivity index (χ1) is 11.8. The maximum Gasteiger partial charge on any atom is 0.410 e. The number of ether oxygens (including phenoxy) is 2. The van der Waals surface area contributed by atoms with Gasteiger partial charge in [-0.05, 0) is 39.7 Å². The largest absolute Gasteiger partial charge is 0.460 e. The lowest BCUT2D eigenvalue weighted by Gasteiger charge is -2.29. The summed E-state index contributed by atoms with van der Waals surface area (Å²) in [7, 11) is 0. The minimum absolute atomic E-state index is 0.223. The minimum atomic E-state index is -0.492. The van der Waals surface area contributed by atoms with Crippen molar-refractivity contribution < 1.29 is 19.1 Å².